The summed E-state index contributed by atoms with van der Waals surface area (Å²) in [5, 5.41) is 0. The number of carbonyl (C=O) groups is 1. The molecule has 98 valence electrons. The lowest BCUT2D eigenvalue weighted by Crippen LogP contribution is -2.05. The van der Waals surface area contributed by atoms with Gasteiger partial charge in [-0.1, -0.05) is 55.8 Å². The minimum absolute atomic E-state index is 0.261. The number of hydrogen-bond acceptors (Lipinski definition) is 2. The van der Waals surface area contributed by atoms with Gasteiger partial charge in [-0.3, -0.25) is 0 Å². The maximum absolute atomic E-state index is 11.7. The maximum Gasteiger partial charge on any atom is 0.338 e. The molecule has 0 saturated heterocycles. The summed E-state index contributed by atoms with van der Waals surface area (Å²) in [7, 11) is 1.42. The third kappa shape index (κ3) is 3.02. The molecule has 0 saturated carbocycles. The SMILES string of the molecule is CCCc1cc(-c2ccccc2)ccc1C(=O)OC. The highest BCUT2D eigenvalue weighted by atomic mass is 16.5. The third-order valence-electron chi connectivity index (χ3n) is 3.14. The van der Waals surface area contributed by atoms with E-state index in [-0.39, 0.29) is 5.97 Å². The highest BCUT2D eigenvalue weighted by Crippen LogP contribution is 2.23. The van der Waals surface area contributed by atoms with Crippen LogP contribution in [0.3, 0.4) is 0 Å². The van der Waals surface area contributed by atoms with Crippen molar-refractivity contribution in [3.63, 3.8) is 0 Å². The van der Waals surface area contributed by atoms with Gasteiger partial charge < -0.3 is 4.74 Å². The van der Waals surface area contributed by atoms with Crippen LogP contribution in [-0.2, 0) is 11.2 Å². The summed E-state index contributed by atoms with van der Waals surface area (Å²) in [6.45, 7) is 2.11. The highest BCUT2D eigenvalue weighted by molar-refractivity contribution is 5.91. The first-order chi connectivity index (χ1) is 9.26. The van der Waals surface area contributed by atoms with E-state index in [0.717, 1.165) is 29.5 Å². The van der Waals surface area contributed by atoms with Gasteiger partial charge in [-0.2, -0.15) is 0 Å². The van der Waals surface area contributed by atoms with E-state index in [9.17, 15) is 4.79 Å². The largest absolute Gasteiger partial charge is 0.465 e. The number of esters is 1. The van der Waals surface area contributed by atoms with Gasteiger partial charge in [0.05, 0.1) is 12.7 Å². The third-order valence-corrected chi connectivity index (χ3v) is 3.14. The minimum Gasteiger partial charge on any atom is -0.465 e. The summed E-state index contributed by atoms with van der Waals surface area (Å²) in [6.07, 6.45) is 1.88. The fraction of sp³-hybridized carbons (Fsp3) is 0.235. The molecule has 2 aromatic rings. The van der Waals surface area contributed by atoms with Gasteiger partial charge in [-0.05, 0) is 29.2 Å². The lowest BCUT2D eigenvalue weighted by Gasteiger charge is -2.10. The first-order valence-corrected chi connectivity index (χ1v) is 6.53. The van der Waals surface area contributed by atoms with Gasteiger partial charge in [0, 0.05) is 0 Å². The molecule has 2 rings (SSSR count). The molecule has 19 heavy (non-hydrogen) atoms. The molecule has 0 aromatic heterocycles. The van der Waals surface area contributed by atoms with E-state index in [1.54, 1.807) is 0 Å². The Labute approximate surface area is 114 Å². The summed E-state index contributed by atoms with van der Waals surface area (Å²) < 4.78 is 4.83. The van der Waals surface area contributed by atoms with Crippen LogP contribution in [0.2, 0.25) is 0 Å². The van der Waals surface area contributed by atoms with Crippen LogP contribution in [0.15, 0.2) is 48.5 Å². The molecule has 0 heterocycles. The number of rotatable bonds is 4. The molecule has 2 aromatic carbocycles. The second-order valence-corrected chi connectivity index (χ2v) is 4.48. The van der Waals surface area contributed by atoms with Crippen LogP contribution in [0.25, 0.3) is 11.1 Å². The molecule has 2 nitrogen and oxygen atoms in total. The monoisotopic (exact) mass is 254 g/mol. The van der Waals surface area contributed by atoms with Crippen molar-refractivity contribution in [2.45, 2.75) is 19.8 Å². The molecule has 0 fully saturated rings. The first-order valence-electron chi connectivity index (χ1n) is 6.53. The fourth-order valence-electron chi connectivity index (χ4n) is 2.19. The summed E-state index contributed by atoms with van der Waals surface area (Å²) in [6, 6.07) is 16.1. The quantitative estimate of drug-likeness (QED) is 0.768. The summed E-state index contributed by atoms with van der Waals surface area (Å²) >= 11 is 0. The molecule has 0 N–H and O–H groups in total. The standard InChI is InChI=1S/C17H18O2/c1-3-7-15-12-14(13-8-5-4-6-9-13)10-11-16(15)17(18)19-2/h4-6,8-12H,3,7H2,1-2H3. The van der Waals surface area contributed by atoms with E-state index >= 15 is 0 Å². The Balaban J connectivity index is 2.44. The van der Waals surface area contributed by atoms with E-state index in [4.69, 9.17) is 4.74 Å². The Hall–Kier alpha value is -2.09. The molecule has 0 amide bonds. The Morgan fingerprint density at radius 2 is 1.79 bits per heavy atom. The molecular formula is C17H18O2. The number of carbonyl (C=O) groups excluding carboxylic acids is 1. The Bertz CT molecular complexity index is 559. The van der Waals surface area contributed by atoms with E-state index < -0.39 is 0 Å². The zero-order valence-electron chi connectivity index (χ0n) is 11.3. The molecule has 0 unspecified atom stereocenters. The van der Waals surface area contributed by atoms with Crippen LogP contribution >= 0.6 is 0 Å². The number of benzene rings is 2. The molecule has 0 bridgehead atoms. The first kappa shape index (κ1) is 13.3. The van der Waals surface area contributed by atoms with Crippen LogP contribution in [-0.4, -0.2) is 13.1 Å². The van der Waals surface area contributed by atoms with Crippen molar-refractivity contribution in [3.05, 3.63) is 59.7 Å². The lowest BCUT2D eigenvalue weighted by molar-refractivity contribution is 0.0599. The molecule has 0 aliphatic rings. The van der Waals surface area contributed by atoms with E-state index in [2.05, 4.69) is 25.1 Å². The number of aryl methyl sites for hydroxylation is 1. The molecular weight excluding hydrogens is 236 g/mol. The van der Waals surface area contributed by atoms with Crippen molar-refractivity contribution >= 4 is 5.97 Å². The predicted molar refractivity (Wildman–Crippen MR) is 77.2 cm³/mol. The highest BCUT2D eigenvalue weighted by Gasteiger charge is 2.12. The summed E-state index contributed by atoms with van der Waals surface area (Å²) in [5.41, 5.74) is 4.02. The smallest absolute Gasteiger partial charge is 0.338 e. The second kappa shape index (κ2) is 6.19. The summed E-state index contributed by atoms with van der Waals surface area (Å²) in [4.78, 5) is 11.7. The van der Waals surface area contributed by atoms with Gasteiger partial charge in [-0.15, -0.1) is 0 Å². The van der Waals surface area contributed by atoms with Crippen molar-refractivity contribution in [3.8, 4) is 11.1 Å². The molecule has 0 spiro atoms. The van der Waals surface area contributed by atoms with Crippen LogP contribution in [0.1, 0.15) is 29.3 Å². The summed E-state index contributed by atoms with van der Waals surface area (Å²) in [5.74, 6) is -0.261. The minimum atomic E-state index is -0.261. The Morgan fingerprint density at radius 3 is 2.42 bits per heavy atom. The molecule has 0 radical (unpaired) electrons. The average Bonchev–Trinajstić information content (AvgIpc) is 2.47. The van der Waals surface area contributed by atoms with E-state index in [1.807, 2.05) is 30.3 Å². The van der Waals surface area contributed by atoms with Gasteiger partial charge in [-0.25, -0.2) is 4.79 Å². The van der Waals surface area contributed by atoms with Crippen LogP contribution in [0.4, 0.5) is 0 Å². The fourth-order valence-corrected chi connectivity index (χ4v) is 2.19. The Kier molecular flexibility index (Phi) is 4.35. The van der Waals surface area contributed by atoms with Crippen molar-refractivity contribution < 1.29 is 9.53 Å². The van der Waals surface area contributed by atoms with Gasteiger partial charge in [0.25, 0.3) is 0 Å². The van der Waals surface area contributed by atoms with Gasteiger partial charge in [0.1, 0.15) is 0 Å². The van der Waals surface area contributed by atoms with E-state index in [1.165, 1.54) is 7.11 Å². The van der Waals surface area contributed by atoms with E-state index in [0.29, 0.717) is 5.56 Å². The van der Waals surface area contributed by atoms with Crippen LogP contribution in [0, 0.1) is 0 Å². The van der Waals surface area contributed by atoms with Crippen LogP contribution in [0.5, 0.6) is 0 Å². The zero-order chi connectivity index (χ0) is 13.7. The molecule has 2 heteroatoms. The topological polar surface area (TPSA) is 26.3 Å². The van der Waals surface area contributed by atoms with Crippen molar-refractivity contribution in [2.75, 3.05) is 7.11 Å². The van der Waals surface area contributed by atoms with Crippen molar-refractivity contribution in [2.24, 2.45) is 0 Å². The molecule has 0 aliphatic carbocycles. The number of hydrogen-bond donors (Lipinski definition) is 0. The number of ether oxygens (including phenoxy) is 1. The average molecular weight is 254 g/mol. The van der Waals surface area contributed by atoms with Gasteiger partial charge in [0.15, 0.2) is 0 Å². The van der Waals surface area contributed by atoms with Crippen LogP contribution < -0.4 is 0 Å². The lowest BCUT2D eigenvalue weighted by atomic mass is 9.96. The molecule has 0 aliphatic heterocycles. The second-order valence-electron chi connectivity index (χ2n) is 4.48. The Morgan fingerprint density at radius 1 is 1.05 bits per heavy atom. The normalized spacial score (nSPS) is 10.2. The number of methoxy groups -OCH3 is 1. The maximum atomic E-state index is 11.7. The van der Waals surface area contributed by atoms with Gasteiger partial charge in [0.2, 0.25) is 0 Å². The molecule has 0 atom stereocenters. The van der Waals surface area contributed by atoms with Crippen molar-refractivity contribution in [1.29, 1.82) is 0 Å². The van der Waals surface area contributed by atoms with Gasteiger partial charge >= 0.3 is 5.97 Å². The van der Waals surface area contributed by atoms with Crippen molar-refractivity contribution in [1.82, 2.24) is 0 Å². The predicted octanol–water partition coefficient (Wildman–Crippen LogP) is 4.09. The zero-order valence-corrected chi connectivity index (χ0v) is 11.3.